The molecule has 5 N–H and O–H groups in total. The van der Waals surface area contributed by atoms with E-state index >= 15 is 0 Å². The van der Waals surface area contributed by atoms with Crippen LogP contribution >= 0.6 is 0 Å². The molecule has 4 nitrogen and oxygen atoms in total. The van der Waals surface area contributed by atoms with Gasteiger partial charge in [-0.1, -0.05) is 6.92 Å². The van der Waals surface area contributed by atoms with Gasteiger partial charge in [-0.15, -0.1) is 0 Å². The predicted molar refractivity (Wildman–Crippen MR) is 43.1 cm³/mol. The van der Waals surface area contributed by atoms with Gasteiger partial charge in [-0.2, -0.15) is 0 Å². The highest BCUT2D eigenvalue weighted by Crippen LogP contribution is 2.08. The van der Waals surface area contributed by atoms with E-state index in [1.54, 1.807) is 0 Å². The minimum absolute atomic E-state index is 0.0102. The van der Waals surface area contributed by atoms with Crippen molar-refractivity contribution in [2.45, 2.75) is 25.8 Å². The summed E-state index contributed by atoms with van der Waals surface area (Å²) in [5, 5.41) is 8.50. The van der Waals surface area contributed by atoms with Crippen LogP contribution < -0.4 is 11.5 Å². The SMILES string of the molecule is C[C@H](CCCN)[C@H](N)C(=O)O. The van der Waals surface area contributed by atoms with Crippen LogP contribution in [0.1, 0.15) is 19.8 Å². The number of aliphatic carboxylic acids is 1. The van der Waals surface area contributed by atoms with Gasteiger partial charge in [0.25, 0.3) is 0 Å². The first-order valence-electron chi connectivity index (χ1n) is 3.78. The zero-order valence-corrected chi connectivity index (χ0v) is 6.79. The monoisotopic (exact) mass is 160 g/mol. The van der Waals surface area contributed by atoms with Gasteiger partial charge in [-0.05, 0) is 25.3 Å². The quantitative estimate of drug-likeness (QED) is 0.518. The van der Waals surface area contributed by atoms with Crippen LogP contribution in [0.3, 0.4) is 0 Å². The molecule has 0 aliphatic rings. The zero-order chi connectivity index (χ0) is 8.85. The largest absolute Gasteiger partial charge is 0.480 e. The Bertz CT molecular complexity index is 128. The summed E-state index contributed by atoms with van der Waals surface area (Å²) < 4.78 is 0. The van der Waals surface area contributed by atoms with Gasteiger partial charge in [0.05, 0.1) is 0 Å². The highest BCUT2D eigenvalue weighted by molar-refractivity contribution is 5.73. The van der Waals surface area contributed by atoms with Gasteiger partial charge in [-0.3, -0.25) is 4.79 Å². The molecule has 0 aromatic rings. The predicted octanol–water partition coefficient (Wildman–Crippen LogP) is -0.227. The van der Waals surface area contributed by atoms with Gasteiger partial charge in [0, 0.05) is 0 Å². The Morgan fingerprint density at radius 2 is 2.18 bits per heavy atom. The van der Waals surface area contributed by atoms with E-state index in [9.17, 15) is 4.79 Å². The average molecular weight is 160 g/mol. The highest BCUT2D eigenvalue weighted by Gasteiger charge is 2.18. The molecule has 2 atom stereocenters. The maximum absolute atomic E-state index is 10.3. The number of carboxylic acids is 1. The number of hydrogen-bond acceptors (Lipinski definition) is 3. The maximum atomic E-state index is 10.3. The molecule has 0 radical (unpaired) electrons. The second-order valence-corrected chi connectivity index (χ2v) is 2.77. The summed E-state index contributed by atoms with van der Waals surface area (Å²) in [7, 11) is 0. The summed E-state index contributed by atoms with van der Waals surface area (Å²) in [5.74, 6) is -0.925. The van der Waals surface area contributed by atoms with Crippen LogP contribution in [0.2, 0.25) is 0 Å². The lowest BCUT2D eigenvalue weighted by Gasteiger charge is -2.14. The number of rotatable bonds is 5. The zero-order valence-electron chi connectivity index (χ0n) is 6.79. The average Bonchev–Trinajstić information content (AvgIpc) is 1.98. The van der Waals surface area contributed by atoms with Crippen molar-refractivity contribution in [3.05, 3.63) is 0 Å². The smallest absolute Gasteiger partial charge is 0.320 e. The number of carboxylic acid groups (broad SMARTS) is 1. The van der Waals surface area contributed by atoms with Crippen LogP contribution in [0.25, 0.3) is 0 Å². The van der Waals surface area contributed by atoms with Crippen molar-refractivity contribution in [1.29, 1.82) is 0 Å². The number of hydrogen-bond donors (Lipinski definition) is 3. The lowest BCUT2D eigenvalue weighted by atomic mass is 9.97. The summed E-state index contributed by atoms with van der Waals surface area (Å²) in [6.07, 6.45) is 1.62. The van der Waals surface area contributed by atoms with Crippen molar-refractivity contribution in [1.82, 2.24) is 0 Å². The molecule has 11 heavy (non-hydrogen) atoms. The van der Waals surface area contributed by atoms with Crippen molar-refractivity contribution in [2.75, 3.05) is 6.54 Å². The number of carbonyl (C=O) groups is 1. The molecule has 0 saturated heterocycles. The van der Waals surface area contributed by atoms with E-state index in [0.717, 1.165) is 12.8 Å². The van der Waals surface area contributed by atoms with E-state index in [1.807, 2.05) is 6.92 Å². The van der Waals surface area contributed by atoms with E-state index < -0.39 is 12.0 Å². The fourth-order valence-electron chi connectivity index (χ4n) is 0.863. The molecule has 0 heterocycles. The summed E-state index contributed by atoms with van der Waals surface area (Å²) in [6.45, 7) is 2.42. The van der Waals surface area contributed by atoms with E-state index in [1.165, 1.54) is 0 Å². The molecular formula is C7H16N2O2. The van der Waals surface area contributed by atoms with Gasteiger partial charge in [0.1, 0.15) is 6.04 Å². The molecule has 0 aromatic heterocycles. The van der Waals surface area contributed by atoms with Gasteiger partial charge < -0.3 is 16.6 Å². The molecule has 0 bridgehead atoms. The molecule has 0 spiro atoms. The maximum Gasteiger partial charge on any atom is 0.320 e. The highest BCUT2D eigenvalue weighted by atomic mass is 16.4. The first kappa shape index (κ1) is 10.4. The molecule has 0 rings (SSSR count). The second kappa shape index (κ2) is 5.09. The summed E-state index contributed by atoms with van der Waals surface area (Å²) in [6, 6.07) is -0.749. The van der Waals surface area contributed by atoms with Crippen LogP contribution in [-0.2, 0) is 4.79 Å². The first-order valence-corrected chi connectivity index (χ1v) is 3.78. The lowest BCUT2D eigenvalue weighted by Crippen LogP contribution is -2.36. The van der Waals surface area contributed by atoms with Crippen molar-refractivity contribution < 1.29 is 9.90 Å². The normalized spacial score (nSPS) is 15.9. The van der Waals surface area contributed by atoms with Gasteiger partial charge in [0.2, 0.25) is 0 Å². The molecule has 0 saturated carbocycles. The molecular weight excluding hydrogens is 144 g/mol. The molecule has 0 unspecified atom stereocenters. The topological polar surface area (TPSA) is 89.3 Å². The molecule has 66 valence electrons. The molecule has 0 amide bonds. The van der Waals surface area contributed by atoms with E-state index in [0.29, 0.717) is 6.54 Å². The Morgan fingerprint density at radius 1 is 1.64 bits per heavy atom. The van der Waals surface area contributed by atoms with Crippen molar-refractivity contribution in [2.24, 2.45) is 17.4 Å². The number of nitrogens with two attached hydrogens (primary N) is 2. The van der Waals surface area contributed by atoms with Crippen LogP contribution in [-0.4, -0.2) is 23.7 Å². The summed E-state index contributed by atoms with van der Waals surface area (Å²) in [5.41, 5.74) is 10.6. The standard InChI is InChI=1S/C7H16N2O2/c1-5(3-2-4-8)6(9)7(10)11/h5-6H,2-4,8-9H2,1H3,(H,10,11)/t5-,6+/m1/s1. The van der Waals surface area contributed by atoms with Gasteiger partial charge in [-0.25, -0.2) is 0 Å². The van der Waals surface area contributed by atoms with Crippen molar-refractivity contribution in [3.8, 4) is 0 Å². The second-order valence-electron chi connectivity index (χ2n) is 2.77. The molecule has 0 aromatic carbocycles. The lowest BCUT2D eigenvalue weighted by molar-refractivity contribution is -0.139. The van der Waals surface area contributed by atoms with Gasteiger partial charge in [0.15, 0.2) is 0 Å². The minimum Gasteiger partial charge on any atom is -0.480 e. The third-order valence-corrected chi connectivity index (χ3v) is 1.76. The van der Waals surface area contributed by atoms with Gasteiger partial charge >= 0.3 is 5.97 Å². The Kier molecular flexibility index (Phi) is 4.81. The Balaban J connectivity index is 3.63. The van der Waals surface area contributed by atoms with Crippen LogP contribution in [0.4, 0.5) is 0 Å². The third-order valence-electron chi connectivity index (χ3n) is 1.76. The summed E-state index contributed by atoms with van der Waals surface area (Å²) in [4.78, 5) is 10.3. The van der Waals surface area contributed by atoms with Crippen LogP contribution in [0, 0.1) is 5.92 Å². The van der Waals surface area contributed by atoms with Crippen molar-refractivity contribution >= 4 is 5.97 Å². The molecule has 4 heteroatoms. The van der Waals surface area contributed by atoms with E-state index in [-0.39, 0.29) is 5.92 Å². The Morgan fingerprint density at radius 3 is 2.55 bits per heavy atom. The molecule has 0 aliphatic carbocycles. The van der Waals surface area contributed by atoms with Crippen LogP contribution in [0.5, 0.6) is 0 Å². The Hall–Kier alpha value is -0.610. The molecule has 0 fully saturated rings. The fraction of sp³-hybridized carbons (Fsp3) is 0.857. The minimum atomic E-state index is -0.936. The van der Waals surface area contributed by atoms with E-state index in [4.69, 9.17) is 16.6 Å². The Labute approximate surface area is 66.6 Å². The van der Waals surface area contributed by atoms with Crippen molar-refractivity contribution in [3.63, 3.8) is 0 Å². The molecule has 0 aliphatic heterocycles. The summed E-state index contributed by atoms with van der Waals surface area (Å²) >= 11 is 0. The third kappa shape index (κ3) is 3.95. The fourth-order valence-corrected chi connectivity index (χ4v) is 0.863. The van der Waals surface area contributed by atoms with Crippen LogP contribution in [0.15, 0.2) is 0 Å². The first-order chi connectivity index (χ1) is 5.09. The van der Waals surface area contributed by atoms with E-state index in [2.05, 4.69) is 0 Å².